The van der Waals surface area contributed by atoms with Gasteiger partial charge >= 0.3 is 5.97 Å². The highest BCUT2D eigenvalue weighted by Crippen LogP contribution is 2.28. The van der Waals surface area contributed by atoms with Crippen LogP contribution in [-0.4, -0.2) is 40.8 Å². The number of nitrogens with zero attached hydrogens (tertiary/aromatic N) is 2. The van der Waals surface area contributed by atoms with E-state index in [-0.39, 0.29) is 12.3 Å². The Morgan fingerprint density at radius 1 is 1.50 bits per heavy atom. The molecule has 0 amide bonds. The maximum absolute atomic E-state index is 13.9. The van der Waals surface area contributed by atoms with Crippen LogP contribution in [0.3, 0.4) is 0 Å². The Hall–Kier alpha value is -2.22. The lowest BCUT2D eigenvalue weighted by molar-refractivity contribution is -0.385. The number of benzene rings is 1. The second kappa shape index (κ2) is 6.80. The molecule has 0 bridgehead atoms. The third kappa shape index (κ3) is 3.41. The third-order valence-corrected chi connectivity index (χ3v) is 2.80. The summed E-state index contributed by atoms with van der Waals surface area (Å²) in [4.78, 5) is 22.3. The van der Waals surface area contributed by atoms with Crippen molar-refractivity contribution in [3.8, 4) is 0 Å². The standard InChI is InChI=1S/C12H15FN2O5/c1-2-14(4-3-5-16)11-6-8(12(17)18)10(15(19)20)7-9(11)13/h6-7,16H,2-5H2,1H3,(H,17,18). The molecular weight excluding hydrogens is 271 g/mol. The summed E-state index contributed by atoms with van der Waals surface area (Å²) in [6.45, 7) is 2.35. The molecule has 0 heterocycles. The van der Waals surface area contributed by atoms with Crippen LogP contribution in [0.4, 0.5) is 15.8 Å². The molecule has 20 heavy (non-hydrogen) atoms. The van der Waals surface area contributed by atoms with Gasteiger partial charge in [-0.15, -0.1) is 0 Å². The Balaban J connectivity index is 3.30. The zero-order valence-corrected chi connectivity index (χ0v) is 10.9. The average Bonchev–Trinajstić information content (AvgIpc) is 2.40. The van der Waals surface area contributed by atoms with Gasteiger partial charge in [0.15, 0.2) is 5.82 Å². The number of aliphatic hydroxyl groups excluding tert-OH is 1. The van der Waals surface area contributed by atoms with E-state index < -0.39 is 28.0 Å². The van der Waals surface area contributed by atoms with E-state index in [4.69, 9.17) is 10.2 Å². The molecular formula is C12H15FN2O5. The SMILES string of the molecule is CCN(CCCO)c1cc(C(=O)O)c([N+](=O)[O-])cc1F. The van der Waals surface area contributed by atoms with Crippen molar-refractivity contribution in [3.63, 3.8) is 0 Å². The zero-order chi connectivity index (χ0) is 15.3. The summed E-state index contributed by atoms with van der Waals surface area (Å²) < 4.78 is 13.9. The Kier molecular flexibility index (Phi) is 5.39. The number of rotatable bonds is 7. The molecule has 1 rings (SSSR count). The minimum atomic E-state index is -1.49. The van der Waals surface area contributed by atoms with E-state index in [1.54, 1.807) is 6.92 Å². The van der Waals surface area contributed by atoms with E-state index in [1.165, 1.54) is 4.90 Å². The Morgan fingerprint density at radius 3 is 2.60 bits per heavy atom. The molecule has 1 aromatic rings. The lowest BCUT2D eigenvalue weighted by Gasteiger charge is -2.23. The second-order valence-corrected chi connectivity index (χ2v) is 4.04. The largest absolute Gasteiger partial charge is 0.477 e. The van der Waals surface area contributed by atoms with Gasteiger partial charge in [0.2, 0.25) is 0 Å². The van der Waals surface area contributed by atoms with Crippen molar-refractivity contribution in [1.29, 1.82) is 0 Å². The van der Waals surface area contributed by atoms with Crippen molar-refractivity contribution in [1.82, 2.24) is 0 Å². The van der Waals surface area contributed by atoms with E-state index in [9.17, 15) is 19.3 Å². The van der Waals surface area contributed by atoms with Crippen LogP contribution < -0.4 is 4.90 Å². The predicted molar refractivity (Wildman–Crippen MR) is 69.6 cm³/mol. The molecule has 0 radical (unpaired) electrons. The first-order chi connectivity index (χ1) is 9.42. The number of nitro benzene ring substituents is 1. The fourth-order valence-electron chi connectivity index (χ4n) is 1.83. The molecule has 0 aliphatic heterocycles. The highest BCUT2D eigenvalue weighted by Gasteiger charge is 2.24. The van der Waals surface area contributed by atoms with E-state index >= 15 is 0 Å². The fourth-order valence-corrected chi connectivity index (χ4v) is 1.83. The van der Waals surface area contributed by atoms with E-state index in [0.29, 0.717) is 25.6 Å². The summed E-state index contributed by atoms with van der Waals surface area (Å²) in [6, 6.07) is 1.57. The fraction of sp³-hybridized carbons (Fsp3) is 0.417. The number of nitro groups is 1. The van der Waals surface area contributed by atoms with E-state index in [2.05, 4.69) is 0 Å². The van der Waals surface area contributed by atoms with E-state index in [0.717, 1.165) is 6.07 Å². The van der Waals surface area contributed by atoms with Crippen molar-refractivity contribution in [2.45, 2.75) is 13.3 Å². The van der Waals surface area contributed by atoms with Crippen LogP contribution in [-0.2, 0) is 0 Å². The molecule has 0 saturated carbocycles. The lowest BCUT2D eigenvalue weighted by atomic mass is 10.1. The maximum Gasteiger partial charge on any atom is 0.342 e. The number of aliphatic hydroxyl groups is 1. The molecule has 0 aliphatic carbocycles. The van der Waals surface area contributed by atoms with Crippen LogP contribution in [0.15, 0.2) is 12.1 Å². The molecule has 110 valence electrons. The zero-order valence-electron chi connectivity index (χ0n) is 10.9. The first kappa shape index (κ1) is 15.8. The Bertz CT molecular complexity index is 521. The van der Waals surface area contributed by atoms with Crippen LogP contribution in [0.2, 0.25) is 0 Å². The molecule has 0 atom stereocenters. The van der Waals surface area contributed by atoms with Crippen molar-refractivity contribution in [2.75, 3.05) is 24.6 Å². The summed E-state index contributed by atoms with van der Waals surface area (Å²) in [5, 5.41) is 28.5. The number of halogens is 1. The molecule has 7 nitrogen and oxygen atoms in total. The van der Waals surface area contributed by atoms with Crippen molar-refractivity contribution in [3.05, 3.63) is 33.6 Å². The molecule has 8 heteroatoms. The number of carboxylic acids is 1. The summed E-state index contributed by atoms with van der Waals surface area (Å²) in [5.74, 6) is -2.35. The predicted octanol–water partition coefficient (Wildman–Crippen LogP) is 1.64. The van der Waals surface area contributed by atoms with Crippen LogP contribution in [0, 0.1) is 15.9 Å². The number of carbonyl (C=O) groups is 1. The van der Waals surface area contributed by atoms with Gasteiger partial charge in [-0.05, 0) is 19.4 Å². The van der Waals surface area contributed by atoms with Gasteiger partial charge in [0.1, 0.15) is 5.56 Å². The quantitative estimate of drug-likeness (QED) is 0.583. The average molecular weight is 286 g/mol. The van der Waals surface area contributed by atoms with Crippen LogP contribution in [0.25, 0.3) is 0 Å². The molecule has 0 aromatic heterocycles. The summed E-state index contributed by atoms with van der Waals surface area (Å²) in [5.41, 5.74) is -1.37. The summed E-state index contributed by atoms with van der Waals surface area (Å²) >= 11 is 0. The van der Waals surface area contributed by atoms with Gasteiger partial charge in [-0.2, -0.15) is 0 Å². The Morgan fingerprint density at radius 2 is 2.15 bits per heavy atom. The lowest BCUT2D eigenvalue weighted by Crippen LogP contribution is -2.26. The number of hydrogen-bond donors (Lipinski definition) is 2. The van der Waals surface area contributed by atoms with Gasteiger partial charge in [-0.1, -0.05) is 0 Å². The first-order valence-corrected chi connectivity index (χ1v) is 5.99. The molecule has 0 fully saturated rings. The minimum absolute atomic E-state index is 0.0241. The van der Waals surface area contributed by atoms with Crippen LogP contribution >= 0.6 is 0 Å². The van der Waals surface area contributed by atoms with E-state index in [1.807, 2.05) is 0 Å². The smallest absolute Gasteiger partial charge is 0.342 e. The van der Waals surface area contributed by atoms with Gasteiger partial charge in [0.05, 0.1) is 16.7 Å². The van der Waals surface area contributed by atoms with Gasteiger partial charge in [-0.3, -0.25) is 10.1 Å². The first-order valence-electron chi connectivity index (χ1n) is 5.99. The summed E-state index contributed by atoms with van der Waals surface area (Å²) in [7, 11) is 0. The minimum Gasteiger partial charge on any atom is -0.477 e. The second-order valence-electron chi connectivity index (χ2n) is 4.04. The third-order valence-electron chi connectivity index (χ3n) is 2.80. The van der Waals surface area contributed by atoms with Crippen LogP contribution in [0.1, 0.15) is 23.7 Å². The van der Waals surface area contributed by atoms with Crippen molar-refractivity contribution < 1.29 is 24.3 Å². The maximum atomic E-state index is 13.9. The Labute approximate surface area is 114 Å². The normalized spacial score (nSPS) is 10.3. The summed E-state index contributed by atoms with van der Waals surface area (Å²) in [6.07, 6.45) is 0.382. The van der Waals surface area contributed by atoms with Crippen molar-refractivity contribution >= 4 is 17.3 Å². The van der Waals surface area contributed by atoms with Gasteiger partial charge in [0.25, 0.3) is 5.69 Å². The molecule has 0 spiro atoms. The number of carboxylic acid groups (broad SMARTS) is 1. The van der Waals surface area contributed by atoms with Crippen molar-refractivity contribution in [2.24, 2.45) is 0 Å². The van der Waals surface area contributed by atoms with Gasteiger partial charge < -0.3 is 15.1 Å². The highest BCUT2D eigenvalue weighted by molar-refractivity contribution is 5.93. The molecule has 0 aliphatic rings. The highest BCUT2D eigenvalue weighted by atomic mass is 19.1. The molecule has 0 unspecified atom stereocenters. The van der Waals surface area contributed by atoms with Crippen LogP contribution in [0.5, 0.6) is 0 Å². The van der Waals surface area contributed by atoms with Gasteiger partial charge in [0, 0.05) is 19.7 Å². The number of aromatic carboxylic acids is 1. The molecule has 2 N–H and O–H groups in total. The molecule has 1 aromatic carbocycles. The topological polar surface area (TPSA) is 104 Å². The van der Waals surface area contributed by atoms with Gasteiger partial charge in [-0.25, -0.2) is 9.18 Å². The monoisotopic (exact) mass is 286 g/mol. The number of hydrogen-bond acceptors (Lipinski definition) is 5. The number of anilines is 1. The molecule has 0 saturated heterocycles.